The summed E-state index contributed by atoms with van der Waals surface area (Å²) in [5, 5.41) is 1.65. The number of rotatable bonds is 2. The third-order valence-electron chi connectivity index (χ3n) is 4.74. The number of hydrogen-bond acceptors (Lipinski definition) is 2. The largest absolute Gasteiger partial charge is 0.327 e. The van der Waals surface area contributed by atoms with Crippen LogP contribution < -0.4 is 5.73 Å². The quantitative estimate of drug-likeness (QED) is 0.800. The summed E-state index contributed by atoms with van der Waals surface area (Å²) in [5.41, 5.74) is 6.81. The van der Waals surface area contributed by atoms with Crippen molar-refractivity contribution >= 4 is 11.8 Å². The lowest BCUT2D eigenvalue weighted by Gasteiger charge is -2.41. The highest BCUT2D eigenvalue weighted by molar-refractivity contribution is 8.00. The molecule has 2 fully saturated rings. The van der Waals surface area contributed by atoms with Crippen molar-refractivity contribution in [3.8, 4) is 0 Å². The molecule has 3 unspecified atom stereocenters. The van der Waals surface area contributed by atoms with E-state index in [0.717, 1.165) is 16.4 Å². The molecule has 0 aliphatic heterocycles. The first-order valence-electron chi connectivity index (χ1n) is 7.38. The molecule has 17 heavy (non-hydrogen) atoms. The zero-order chi connectivity index (χ0) is 12.5. The first kappa shape index (κ1) is 13.7. The zero-order valence-electron chi connectivity index (χ0n) is 11.7. The van der Waals surface area contributed by atoms with Crippen molar-refractivity contribution in [1.29, 1.82) is 0 Å². The van der Waals surface area contributed by atoms with Crippen molar-refractivity contribution in [3.05, 3.63) is 0 Å². The van der Waals surface area contributed by atoms with E-state index in [1.54, 1.807) is 0 Å². The van der Waals surface area contributed by atoms with Crippen LogP contribution in [0.4, 0.5) is 0 Å². The Kier molecular flexibility index (Phi) is 4.46. The first-order valence-corrected chi connectivity index (χ1v) is 8.32. The molecule has 0 amide bonds. The monoisotopic (exact) mass is 255 g/mol. The predicted molar refractivity (Wildman–Crippen MR) is 78.4 cm³/mol. The average Bonchev–Trinajstić information content (AvgIpc) is 2.72. The Morgan fingerprint density at radius 1 is 1.00 bits per heavy atom. The Labute approximate surface area is 111 Å². The highest BCUT2D eigenvalue weighted by atomic mass is 32.2. The third-order valence-corrected chi connectivity index (χ3v) is 6.48. The molecule has 0 bridgehead atoms. The molecule has 2 heteroatoms. The SMILES string of the molecule is CC(C)(C)C1CCC(N)C(SC2CCCC2)C1. The van der Waals surface area contributed by atoms with Gasteiger partial charge in [-0.15, -0.1) is 0 Å². The van der Waals surface area contributed by atoms with Crippen LogP contribution in [-0.2, 0) is 0 Å². The summed E-state index contributed by atoms with van der Waals surface area (Å²) in [4.78, 5) is 0. The smallest absolute Gasteiger partial charge is 0.0204 e. The van der Waals surface area contributed by atoms with E-state index >= 15 is 0 Å². The van der Waals surface area contributed by atoms with E-state index in [0.29, 0.717) is 11.5 Å². The molecule has 0 saturated heterocycles. The van der Waals surface area contributed by atoms with Gasteiger partial charge in [0.15, 0.2) is 0 Å². The van der Waals surface area contributed by atoms with E-state index in [1.807, 2.05) is 0 Å². The normalized spacial score (nSPS) is 36.4. The Bertz CT molecular complexity index is 240. The Morgan fingerprint density at radius 2 is 1.65 bits per heavy atom. The molecule has 0 radical (unpaired) electrons. The standard InChI is InChI=1S/C15H29NS/c1-15(2,3)11-8-9-13(16)14(10-11)17-12-6-4-5-7-12/h11-14H,4-10,16H2,1-3H3. The van der Waals surface area contributed by atoms with Crippen LogP contribution in [0.2, 0.25) is 0 Å². The first-order chi connectivity index (χ1) is 7.97. The lowest BCUT2D eigenvalue weighted by molar-refractivity contribution is 0.174. The molecule has 0 aromatic rings. The second-order valence-corrected chi connectivity index (χ2v) is 8.67. The minimum atomic E-state index is 0.458. The molecule has 3 atom stereocenters. The van der Waals surface area contributed by atoms with Crippen molar-refractivity contribution in [1.82, 2.24) is 0 Å². The van der Waals surface area contributed by atoms with E-state index in [1.165, 1.54) is 44.9 Å². The molecule has 0 aromatic heterocycles. The molecular weight excluding hydrogens is 226 g/mol. The highest BCUT2D eigenvalue weighted by Crippen LogP contribution is 2.44. The second-order valence-electron chi connectivity index (χ2n) is 7.12. The minimum Gasteiger partial charge on any atom is -0.327 e. The zero-order valence-corrected chi connectivity index (χ0v) is 12.6. The van der Waals surface area contributed by atoms with Gasteiger partial charge in [0, 0.05) is 16.5 Å². The van der Waals surface area contributed by atoms with Crippen molar-refractivity contribution in [2.45, 2.75) is 82.3 Å². The molecule has 2 rings (SSSR count). The summed E-state index contributed by atoms with van der Waals surface area (Å²) in [7, 11) is 0. The third kappa shape index (κ3) is 3.64. The van der Waals surface area contributed by atoms with Crippen molar-refractivity contribution < 1.29 is 0 Å². The molecule has 2 aliphatic carbocycles. The summed E-state index contributed by atoms with van der Waals surface area (Å²) in [5.74, 6) is 0.876. The van der Waals surface area contributed by atoms with Gasteiger partial charge in [0.05, 0.1) is 0 Å². The van der Waals surface area contributed by atoms with Gasteiger partial charge in [-0.05, 0) is 43.4 Å². The van der Waals surface area contributed by atoms with Crippen LogP contribution in [-0.4, -0.2) is 16.5 Å². The maximum absolute atomic E-state index is 6.34. The van der Waals surface area contributed by atoms with Crippen molar-refractivity contribution in [3.63, 3.8) is 0 Å². The van der Waals surface area contributed by atoms with E-state index < -0.39 is 0 Å². The maximum Gasteiger partial charge on any atom is 0.0204 e. The fourth-order valence-electron chi connectivity index (χ4n) is 3.37. The molecule has 2 aliphatic rings. The van der Waals surface area contributed by atoms with Gasteiger partial charge in [-0.25, -0.2) is 0 Å². The summed E-state index contributed by atoms with van der Waals surface area (Å²) in [6.45, 7) is 7.18. The van der Waals surface area contributed by atoms with Crippen LogP contribution in [0.25, 0.3) is 0 Å². The van der Waals surface area contributed by atoms with E-state index in [-0.39, 0.29) is 0 Å². The summed E-state index contributed by atoms with van der Waals surface area (Å²) < 4.78 is 0. The molecular formula is C15H29NS. The average molecular weight is 255 g/mol. The Hall–Kier alpha value is 0.310. The van der Waals surface area contributed by atoms with Crippen LogP contribution in [0.15, 0.2) is 0 Å². The molecule has 0 aromatic carbocycles. The van der Waals surface area contributed by atoms with E-state index in [4.69, 9.17) is 5.73 Å². The lowest BCUT2D eigenvalue weighted by atomic mass is 9.71. The topological polar surface area (TPSA) is 26.0 Å². The van der Waals surface area contributed by atoms with Gasteiger partial charge in [0.1, 0.15) is 0 Å². The van der Waals surface area contributed by atoms with Gasteiger partial charge in [-0.2, -0.15) is 11.8 Å². The molecule has 0 heterocycles. The van der Waals surface area contributed by atoms with Gasteiger partial charge < -0.3 is 5.73 Å². The summed E-state index contributed by atoms with van der Waals surface area (Å²) in [6.07, 6.45) is 9.71. The van der Waals surface area contributed by atoms with Crippen LogP contribution in [0, 0.1) is 11.3 Å². The molecule has 2 N–H and O–H groups in total. The second kappa shape index (κ2) is 5.52. The Balaban J connectivity index is 1.90. The number of nitrogens with two attached hydrogens (primary N) is 1. The van der Waals surface area contributed by atoms with Gasteiger partial charge in [0.25, 0.3) is 0 Å². The Morgan fingerprint density at radius 3 is 2.24 bits per heavy atom. The van der Waals surface area contributed by atoms with Crippen molar-refractivity contribution in [2.24, 2.45) is 17.1 Å². The van der Waals surface area contributed by atoms with Crippen LogP contribution in [0.3, 0.4) is 0 Å². The fourth-order valence-corrected chi connectivity index (χ4v) is 5.15. The van der Waals surface area contributed by atoms with Gasteiger partial charge in [0.2, 0.25) is 0 Å². The maximum atomic E-state index is 6.34. The van der Waals surface area contributed by atoms with Crippen LogP contribution in [0.5, 0.6) is 0 Å². The lowest BCUT2D eigenvalue weighted by Crippen LogP contribution is -2.42. The molecule has 2 saturated carbocycles. The fraction of sp³-hybridized carbons (Fsp3) is 1.00. The minimum absolute atomic E-state index is 0.458. The van der Waals surface area contributed by atoms with E-state index in [9.17, 15) is 0 Å². The summed E-state index contributed by atoms with van der Waals surface area (Å²) >= 11 is 2.23. The van der Waals surface area contributed by atoms with E-state index in [2.05, 4.69) is 32.5 Å². The van der Waals surface area contributed by atoms with Gasteiger partial charge >= 0.3 is 0 Å². The van der Waals surface area contributed by atoms with Crippen LogP contribution in [0.1, 0.15) is 65.7 Å². The van der Waals surface area contributed by atoms with Crippen LogP contribution >= 0.6 is 11.8 Å². The molecule has 1 nitrogen and oxygen atoms in total. The highest BCUT2D eigenvalue weighted by Gasteiger charge is 2.36. The van der Waals surface area contributed by atoms with Crippen molar-refractivity contribution in [2.75, 3.05) is 0 Å². The predicted octanol–water partition coefficient (Wildman–Crippen LogP) is 4.20. The number of hydrogen-bond donors (Lipinski definition) is 1. The number of thioether (sulfide) groups is 1. The summed E-state index contributed by atoms with van der Waals surface area (Å²) in [6, 6.07) is 0.458. The molecule has 100 valence electrons. The molecule has 0 spiro atoms. The van der Waals surface area contributed by atoms with Gasteiger partial charge in [-0.3, -0.25) is 0 Å². The van der Waals surface area contributed by atoms with Gasteiger partial charge in [-0.1, -0.05) is 33.6 Å².